The summed E-state index contributed by atoms with van der Waals surface area (Å²) in [5.74, 6) is 0.742. The number of aromatic amines is 1. The van der Waals surface area contributed by atoms with Crippen LogP contribution in [-0.4, -0.2) is 16.7 Å². The molecule has 21 heavy (non-hydrogen) atoms. The molecule has 0 atom stereocenters. The Bertz CT molecular complexity index is 749. The third-order valence-corrected chi connectivity index (χ3v) is 3.70. The molecule has 0 aliphatic carbocycles. The van der Waals surface area contributed by atoms with E-state index in [-0.39, 0.29) is 17.3 Å². The summed E-state index contributed by atoms with van der Waals surface area (Å²) >= 11 is 5.88. The van der Waals surface area contributed by atoms with E-state index >= 15 is 0 Å². The minimum atomic E-state index is -0.489. The van der Waals surface area contributed by atoms with Gasteiger partial charge in [0.25, 0.3) is 5.56 Å². The number of ether oxygens (including phenoxy) is 1. The molecule has 5 nitrogen and oxygen atoms in total. The Balaban J connectivity index is 2.33. The zero-order valence-electron chi connectivity index (χ0n) is 12.0. The van der Waals surface area contributed by atoms with Crippen molar-refractivity contribution in [2.45, 2.75) is 26.3 Å². The van der Waals surface area contributed by atoms with Crippen LogP contribution in [0.25, 0.3) is 0 Å². The fourth-order valence-electron chi connectivity index (χ4n) is 2.24. The van der Waals surface area contributed by atoms with Gasteiger partial charge in [-0.05, 0) is 24.5 Å². The number of methoxy groups -OCH3 is 1. The number of hydrogen-bond acceptors (Lipinski definition) is 3. The lowest BCUT2D eigenvalue weighted by atomic mass is 10.1. The van der Waals surface area contributed by atoms with Gasteiger partial charge in [0.05, 0.1) is 12.7 Å². The number of hydrogen-bond donors (Lipinski definition) is 1. The van der Waals surface area contributed by atoms with Gasteiger partial charge in [-0.15, -0.1) is 0 Å². The molecule has 0 unspecified atom stereocenters. The van der Waals surface area contributed by atoms with E-state index < -0.39 is 5.69 Å². The molecule has 0 amide bonds. The van der Waals surface area contributed by atoms with Crippen molar-refractivity contribution in [3.63, 3.8) is 0 Å². The molecule has 0 radical (unpaired) electrons. The first kappa shape index (κ1) is 15.4. The molecule has 1 aromatic carbocycles. The number of aromatic nitrogens is 2. The molecule has 112 valence electrons. The number of nitrogens with zero attached hydrogens (tertiary/aromatic N) is 1. The van der Waals surface area contributed by atoms with Crippen molar-refractivity contribution in [2.24, 2.45) is 0 Å². The third kappa shape index (κ3) is 3.19. The first-order chi connectivity index (χ1) is 10.1. The summed E-state index contributed by atoms with van der Waals surface area (Å²) in [5, 5.41) is 0.126. The van der Waals surface area contributed by atoms with Gasteiger partial charge in [0.2, 0.25) is 0 Å². The first-order valence-corrected chi connectivity index (χ1v) is 7.09. The Kier molecular flexibility index (Phi) is 4.85. The number of aryl methyl sites for hydroxylation is 1. The van der Waals surface area contributed by atoms with E-state index in [1.54, 1.807) is 7.11 Å². The van der Waals surface area contributed by atoms with Gasteiger partial charge in [-0.25, -0.2) is 4.79 Å². The van der Waals surface area contributed by atoms with Gasteiger partial charge in [0, 0.05) is 6.54 Å². The molecular formula is C15H17ClN2O3. The van der Waals surface area contributed by atoms with Gasteiger partial charge >= 0.3 is 5.69 Å². The molecule has 0 aliphatic rings. The second-order valence-electron chi connectivity index (χ2n) is 4.59. The summed E-state index contributed by atoms with van der Waals surface area (Å²) in [5.41, 5.74) is 0.550. The largest absolute Gasteiger partial charge is 0.496 e. The molecule has 0 aliphatic heterocycles. The fourth-order valence-corrected chi connectivity index (χ4v) is 2.53. The van der Waals surface area contributed by atoms with Crippen molar-refractivity contribution in [3.8, 4) is 5.75 Å². The molecule has 0 bridgehead atoms. The average molecular weight is 309 g/mol. The van der Waals surface area contributed by atoms with Crippen LogP contribution in [0, 0.1) is 0 Å². The highest BCUT2D eigenvalue weighted by atomic mass is 35.5. The summed E-state index contributed by atoms with van der Waals surface area (Å²) in [7, 11) is 1.59. The highest BCUT2D eigenvalue weighted by Gasteiger charge is 2.11. The topological polar surface area (TPSA) is 64.1 Å². The molecule has 0 saturated heterocycles. The highest BCUT2D eigenvalue weighted by Crippen LogP contribution is 2.17. The number of halogens is 1. The molecule has 0 fully saturated rings. The quantitative estimate of drug-likeness (QED) is 0.859. The van der Waals surface area contributed by atoms with Crippen molar-refractivity contribution in [3.05, 3.63) is 61.4 Å². The Hall–Kier alpha value is -2.01. The zero-order chi connectivity index (χ0) is 15.4. The smallest absolute Gasteiger partial charge is 0.329 e. The van der Waals surface area contributed by atoms with Crippen LogP contribution in [0.1, 0.15) is 18.1 Å². The maximum Gasteiger partial charge on any atom is 0.329 e. The SMILES string of the molecule is CCc1c(Cl)[nH]c(=O)n(CCc2ccccc2OC)c1=O. The summed E-state index contributed by atoms with van der Waals surface area (Å²) < 4.78 is 6.44. The molecular weight excluding hydrogens is 292 g/mol. The number of nitrogens with one attached hydrogen (secondary N) is 1. The summed E-state index contributed by atoms with van der Waals surface area (Å²) in [6.07, 6.45) is 1.00. The first-order valence-electron chi connectivity index (χ1n) is 6.71. The predicted octanol–water partition coefficient (Wildman–Crippen LogP) is 2.00. The van der Waals surface area contributed by atoms with E-state index in [1.807, 2.05) is 31.2 Å². The maximum atomic E-state index is 12.2. The van der Waals surface area contributed by atoms with Crippen molar-refractivity contribution < 1.29 is 4.74 Å². The lowest BCUT2D eigenvalue weighted by Gasteiger charge is -2.10. The average Bonchev–Trinajstić information content (AvgIpc) is 2.47. The maximum absolute atomic E-state index is 12.2. The van der Waals surface area contributed by atoms with E-state index in [9.17, 15) is 9.59 Å². The molecule has 1 N–H and O–H groups in total. The Morgan fingerprint density at radius 3 is 2.67 bits per heavy atom. The van der Waals surface area contributed by atoms with Crippen LogP contribution >= 0.6 is 11.6 Å². The van der Waals surface area contributed by atoms with E-state index in [4.69, 9.17) is 16.3 Å². The van der Waals surface area contributed by atoms with Crippen LogP contribution in [0.15, 0.2) is 33.9 Å². The van der Waals surface area contributed by atoms with Gasteiger partial charge in [0.1, 0.15) is 10.9 Å². The normalized spacial score (nSPS) is 10.6. The summed E-state index contributed by atoms with van der Waals surface area (Å²) in [6.45, 7) is 2.10. The zero-order valence-corrected chi connectivity index (χ0v) is 12.7. The van der Waals surface area contributed by atoms with Crippen LogP contribution in [-0.2, 0) is 19.4 Å². The standard InChI is InChI=1S/C15H17ClN2O3/c1-3-11-13(16)17-15(20)18(14(11)19)9-8-10-6-4-5-7-12(10)21-2/h4-7H,3,8-9H2,1-2H3,(H,17,20). The lowest BCUT2D eigenvalue weighted by Crippen LogP contribution is -2.37. The van der Waals surface area contributed by atoms with Gasteiger partial charge < -0.3 is 4.74 Å². The number of para-hydroxylation sites is 1. The van der Waals surface area contributed by atoms with Gasteiger partial charge in [-0.2, -0.15) is 0 Å². The second kappa shape index (κ2) is 6.63. The molecule has 1 aromatic heterocycles. The van der Waals surface area contributed by atoms with Gasteiger partial charge in [-0.3, -0.25) is 14.3 Å². The Morgan fingerprint density at radius 2 is 2.00 bits per heavy atom. The summed E-state index contributed by atoms with van der Waals surface area (Å²) in [6, 6.07) is 7.53. The third-order valence-electron chi connectivity index (χ3n) is 3.38. The van der Waals surface area contributed by atoms with E-state index in [0.717, 1.165) is 11.3 Å². The van der Waals surface area contributed by atoms with E-state index in [2.05, 4.69) is 4.98 Å². The van der Waals surface area contributed by atoms with Crippen molar-refractivity contribution in [1.29, 1.82) is 0 Å². The van der Waals surface area contributed by atoms with E-state index in [0.29, 0.717) is 18.4 Å². The van der Waals surface area contributed by atoms with Gasteiger partial charge in [0.15, 0.2) is 0 Å². The predicted molar refractivity (Wildman–Crippen MR) is 82.4 cm³/mol. The lowest BCUT2D eigenvalue weighted by molar-refractivity contribution is 0.408. The van der Waals surface area contributed by atoms with Crippen molar-refractivity contribution >= 4 is 11.6 Å². The van der Waals surface area contributed by atoms with Crippen LogP contribution in [0.2, 0.25) is 5.15 Å². The molecule has 6 heteroatoms. The Morgan fingerprint density at radius 1 is 1.29 bits per heavy atom. The fraction of sp³-hybridized carbons (Fsp3) is 0.333. The van der Waals surface area contributed by atoms with Crippen LogP contribution in [0.3, 0.4) is 0 Å². The van der Waals surface area contributed by atoms with E-state index in [1.165, 1.54) is 4.57 Å². The Labute approximate surface area is 127 Å². The molecule has 2 rings (SSSR count). The molecule has 2 aromatic rings. The van der Waals surface area contributed by atoms with Crippen LogP contribution in [0.4, 0.5) is 0 Å². The van der Waals surface area contributed by atoms with Crippen molar-refractivity contribution in [2.75, 3.05) is 7.11 Å². The molecule has 1 heterocycles. The second-order valence-corrected chi connectivity index (χ2v) is 4.97. The van der Waals surface area contributed by atoms with Gasteiger partial charge in [-0.1, -0.05) is 36.7 Å². The molecule has 0 spiro atoms. The monoisotopic (exact) mass is 308 g/mol. The number of H-pyrrole nitrogens is 1. The number of benzene rings is 1. The van der Waals surface area contributed by atoms with Crippen LogP contribution in [0.5, 0.6) is 5.75 Å². The highest BCUT2D eigenvalue weighted by molar-refractivity contribution is 6.30. The minimum Gasteiger partial charge on any atom is -0.496 e. The van der Waals surface area contributed by atoms with Crippen molar-refractivity contribution in [1.82, 2.24) is 9.55 Å². The minimum absolute atomic E-state index is 0.126. The van der Waals surface area contributed by atoms with Crippen LogP contribution < -0.4 is 16.0 Å². The summed E-state index contributed by atoms with van der Waals surface area (Å²) in [4.78, 5) is 26.6. The number of rotatable bonds is 5. The molecule has 0 saturated carbocycles.